The summed E-state index contributed by atoms with van der Waals surface area (Å²) in [5, 5.41) is 16.7. The molecule has 1 amide bonds. The zero-order valence-electron chi connectivity index (χ0n) is 15.7. The van der Waals surface area contributed by atoms with Crippen molar-refractivity contribution >= 4 is 11.9 Å². The molecule has 1 heterocycles. The Morgan fingerprint density at radius 3 is 2.39 bits per heavy atom. The SMILES string of the molecule is C[C@H](NC(=O)C[C@](C)(C(=O)O)c1ccccc1)c1ccc(-n2cncn2)cc1. The van der Waals surface area contributed by atoms with Gasteiger partial charge in [-0.1, -0.05) is 42.5 Å². The maximum absolute atomic E-state index is 12.6. The zero-order valence-corrected chi connectivity index (χ0v) is 15.7. The molecule has 2 aromatic carbocycles. The van der Waals surface area contributed by atoms with E-state index in [0.29, 0.717) is 5.56 Å². The minimum absolute atomic E-state index is 0.145. The molecule has 0 spiro atoms. The first-order valence-electron chi connectivity index (χ1n) is 8.93. The third-order valence-corrected chi connectivity index (χ3v) is 4.85. The van der Waals surface area contributed by atoms with Crippen LogP contribution in [0.15, 0.2) is 67.3 Å². The molecule has 0 saturated carbocycles. The molecular formula is C21H22N4O3. The summed E-state index contributed by atoms with van der Waals surface area (Å²) in [6.45, 7) is 3.44. The number of rotatable bonds is 7. The molecule has 0 aliphatic rings. The van der Waals surface area contributed by atoms with Gasteiger partial charge in [0.25, 0.3) is 0 Å². The Balaban J connectivity index is 1.69. The molecule has 0 unspecified atom stereocenters. The van der Waals surface area contributed by atoms with E-state index in [1.165, 1.54) is 6.33 Å². The van der Waals surface area contributed by atoms with Crippen LogP contribution in [0.1, 0.15) is 37.4 Å². The number of nitrogens with zero attached hydrogens (tertiary/aromatic N) is 3. The van der Waals surface area contributed by atoms with Crippen LogP contribution in [0.5, 0.6) is 0 Å². The molecule has 2 atom stereocenters. The number of carboxylic acid groups (broad SMARTS) is 1. The van der Waals surface area contributed by atoms with E-state index >= 15 is 0 Å². The van der Waals surface area contributed by atoms with Crippen LogP contribution in [0.3, 0.4) is 0 Å². The fourth-order valence-electron chi connectivity index (χ4n) is 3.06. The lowest BCUT2D eigenvalue weighted by molar-refractivity contribution is -0.145. The van der Waals surface area contributed by atoms with Crippen molar-refractivity contribution in [2.24, 2.45) is 0 Å². The summed E-state index contributed by atoms with van der Waals surface area (Å²) in [7, 11) is 0. The van der Waals surface area contributed by atoms with E-state index < -0.39 is 11.4 Å². The van der Waals surface area contributed by atoms with Crippen LogP contribution < -0.4 is 5.32 Å². The molecule has 28 heavy (non-hydrogen) atoms. The van der Waals surface area contributed by atoms with Gasteiger partial charge in [0.15, 0.2) is 0 Å². The molecule has 144 valence electrons. The first-order valence-corrected chi connectivity index (χ1v) is 8.93. The number of carbonyl (C=O) groups excluding carboxylic acids is 1. The zero-order chi connectivity index (χ0) is 20.1. The number of aliphatic carboxylic acids is 1. The monoisotopic (exact) mass is 378 g/mol. The van der Waals surface area contributed by atoms with Gasteiger partial charge >= 0.3 is 5.97 Å². The Morgan fingerprint density at radius 1 is 1.14 bits per heavy atom. The minimum atomic E-state index is -1.29. The Hall–Kier alpha value is -3.48. The summed E-state index contributed by atoms with van der Waals surface area (Å²) in [4.78, 5) is 28.4. The molecule has 2 N–H and O–H groups in total. The van der Waals surface area contributed by atoms with Gasteiger partial charge in [-0.25, -0.2) is 9.67 Å². The third kappa shape index (κ3) is 4.09. The van der Waals surface area contributed by atoms with Crippen molar-refractivity contribution in [3.8, 4) is 5.69 Å². The summed E-state index contributed by atoms with van der Waals surface area (Å²) < 4.78 is 1.64. The first kappa shape index (κ1) is 19.3. The fourth-order valence-corrected chi connectivity index (χ4v) is 3.06. The predicted molar refractivity (Wildman–Crippen MR) is 104 cm³/mol. The molecular weight excluding hydrogens is 356 g/mol. The van der Waals surface area contributed by atoms with Gasteiger partial charge < -0.3 is 10.4 Å². The lowest BCUT2D eigenvalue weighted by Crippen LogP contribution is -2.39. The van der Waals surface area contributed by atoms with Gasteiger partial charge in [-0.2, -0.15) is 5.10 Å². The van der Waals surface area contributed by atoms with E-state index in [1.54, 1.807) is 42.2 Å². The van der Waals surface area contributed by atoms with E-state index in [1.807, 2.05) is 37.3 Å². The van der Waals surface area contributed by atoms with E-state index in [4.69, 9.17) is 0 Å². The number of aromatic nitrogens is 3. The lowest BCUT2D eigenvalue weighted by atomic mass is 9.79. The fraction of sp³-hybridized carbons (Fsp3) is 0.238. The van der Waals surface area contributed by atoms with Crippen molar-refractivity contribution in [3.05, 3.63) is 78.4 Å². The normalized spacial score (nSPS) is 14.1. The van der Waals surface area contributed by atoms with Crippen LogP contribution in [0, 0.1) is 0 Å². The van der Waals surface area contributed by atoms with Crippen LogP contribution in [0.4, 0.5) is 0 Å². The van der Waals surface area contributed by atoms with Gasteiger partial charge in [-0.3, -0.25) is 9.59 Å². The Labute approximate surface area is 163 Å². The van der Waals surface area contributed by atoms with Gasteiger partial charge in [-0.15, -0.1) is 0 Å². The van der Waals surface area contributed by atoms with Gasteiger partial charge in [0.1, 0.15) is 12.7 Å². The van der Waals surface area contributed by atoms with Crippen LogP contribution in [0.25, 0.3) is 5.69 Å². The van der Waals surface area contributed by atoms with Crippen molar-refractivity contribution in [2.45, 2.75) is 31.7 Å². The second-order valence-corrected chi connectivity index (χ2v) is 6.90. The van der Waals surface area contributed by atoms with Crippen molar-refractivity contribution in [1.82, 2.24) is 20.1 Å². The summed E-state index contributed by atoms with van der Waals surface area (Å²) in [5.74, 6) is -1.35. The number of nitrogens with one attached hydrogen (secondary N) is 1. The molecule has 7 nitrogen and oxygen atoms in total. The number of hydrogen-bond donors (Lipinski definition) is 2. The molecule has 0 bridgehead atoms. The van der Waals surface area contributed by atoms with E-state index in [-0.39, 0.29) is 18.4 Å². The van der Waals surface area contributed by atoms with Crippen LogP contribution >= 0.6 is 0 Å². The molecule has 3 aromatic rings. The first-order chi connectivity index (χ1) is 13.4. The Bertz CT molecular complexity index is 940. The van der Waals surface area contributed by atoms with Gasteiger partial charge in [0, 0.05) is 6.42 Å². The predicted octanol–water partition coefficient (Wildman–Crippen LogP) is 2.88. The maximum atomic E-state index is 12.6. The highest BCUT2D eigenvalue weighted by Crippen LogP contribution is 2.28. The van der Waals surface area contributed by atoms with Crippen LogP contribution in [-0.2, 0) is 15.0 Å². The largest absolute Gasteiger partial charge is 0.481 e. The highest BCUT2D eigenvalue weighted by molar-refractivity contribution is 5.89. The van der Waals surface area contributed by atoms with Gasteiger partial charge in [0.2, 0.25) is 5.91 Å². The second-order valence-electron chi connectivity index (χ2n) is 6.90. The third-order valence-electron chi connectivity index (χ3n) is 4.85. The van der Waals surface area contributed by atoms with Crippen molar-refractivity contribution in [3.63, 3.8) is 0 Å². The Morgan fingerprint density at radius 2 is 1.82 bits per heavy atom. The topological polar surface area (TPSA) is 97.1 Å². The quantitative estimate of drug-likeness (QED) is 0.659. The molecule has 0 fully saturated rings. The van der Waals surface area contributed by atoms with Gasteiger partial charge in [0.05, 0.1) is 17.1 Å². The minimum Gasteiger partial charge on any atom is -0.481 e. The molecule has 0 saturated heterocycles. The van der Waals surface area contributed by atoms with Gasteiger partial charge in [-0.05, 0) is 37.1 Å². The maximum Gasteiger partial charge on any atom is 0.314 e. The smallest absolute Gasteiger partial charge is 0.314 e. The lowest BCUT2D eigenvalue weighted by Gasteiger charge is -2.26. The van der Waals surface area contributed by atoms with E-state index in [0.717, 1.165) is 11.3 Å². The summed E-state index contributed by atoms with van der Waals surface area (Å²) in [6, 6.07) is 16.1. The number of benzene rings is 2. The summed E-state index contributed by atoms with van der Waals surface area (Å²) >= 11 is 0. The molecule has 0 aliphatic carbocycles. The number of carboxylic acids is 1. The summed E-state index contributed by atoms with van der Waals surface area (Å²) in [5.41, 5.74) is 1.08. The van der Waals surface area contributed by atoms with Crippen molar-refractivity contribution < 1.29 is 14.7 Å². The van der Waals surface area contributed by atoms with Crippen molar-refractivity contribution in [1.29, 1.82) is 0 Å². The van der Waals surface area contributed by atoms with Crippen molar-refractivity contribution in [2.75, 3.05) is 0 Å². The van der Waals surface area contributed by atoms with Crippen LogP contribution in [0.2, 0.25) is 0 Å². The van der Waals surface area contributed by atoms with E-state index in [2.05, 4.69) is 15.4 Å². The number of amides is 1. The highest BCUT2D eigenvalue weighted by Gasteiger charge is 2.37. The molecule has 1 aromatic heterocycles. The standard InChI is InChI=1S/C21H22N4O3/c1-15(16-8-10-18(11-9-16)25-14-22-13-23-25)24-19(26)12-21(2,20(27)28)17-6-4-3-5-7-17/h3-11,13-15H,12H2,1-2H3,(H,24,26)(H,27,28)/t15-,21-/m0/s1. The Kier molecular flexibility index (Phi) is 5.54. The highest BCUT2D eigenvalue weighted by atomic mass is 16.4. The summed E-state index contributed by atoms with van der Waals surface area (Å²) in [6.07, 6.45) is 2.92. The molecule has 3 rings (SSSR count). The second kappa shape index (κ2) is 8.04. The average molecular weight is 378 g/mol. The average Bonchev–Trinajstić information content (AvgIpc) is 3.23. The molecule has 0 aliphatic heterocycles. The van der Waals surface area contributed by atoms with Crippen LogP contribution in [-0.4, -0.2) is 31.7 Å². The molecule has 0 radical (unpaired) electrons. The van der Waals surface area contributed by atoms with E-state index in [9.17, 15) is 14.7 Å². The number of hydrogen-bond acceptors (Lipinski definition) is 4. The molecule has 7 heteroatoms. The number of carbonyl (C=O) groups is 2.